The zero-order valence-electron chi connectivity index (χ0n) is 10.3. The molecule has 2 N–H and O–H groups in total. The fourth-order valence-corrected chi connectivity index (χ4v) is 3.30. The van der Waals surface area contributed by atoms with Crippen molar-refractivity contribution in [2.75, 3.05) is 5.73 Å². The minimum Gasteiger partial charge on any atom is -0.375 e. The Kier molecular flexibility index (Phi) is 2.23. The molecule has 3 aromatic rings. The highest BCUT2D eigenvalue weighted by Gasteiger charge is 2.18. The number of benzene rings is 2. The first-order chi connectivity index (χ1) is 9.31. The summed E-state index contributed by atoms with van der Waals surface area (Å²) in [6.07, 6.45) is 1.01. The summed E-state index contributed by atoms with van der Waals surface area (Å²) >= 11 is 1.49. The fourth-order valence-electron chi connectivity index (χ4n) is 2.72. The van der Waals surface area contributed by atoms with Gasteiger partial charge in [-0.05, 0) is 34.7 Å². The molecule has 1 heterocycles. The van der Waals surface area contributed by atoms with Gasteiger partial charge in [-0.3, -0.25) is 0 Å². The number of anilines is 1. The van der Waals surface area contributed by atoms with Crippen molar-refractivity contribution in [1.29, 1.82) is 0 Å². The summed E-state index contributed by atoms with van der Waals surface area (Å²) in [5.74, 6) is 0. The first kappa shape index (κ1) is 10.8. The summed E-state index contributed by atoms with van der Waals surface area (Å²) in [5.41, 5.74) is 13.3. The number of fused-ring (bicyclic) bond motifs is 3. The predicted octanol–water partition coefficient (Wildman–Crippen LogP) is 3.96. The van der Waals surface area contributed by atoms with Gasteiger partial charge in [0.25, 0.3) is 0 Å². The summed E-state index contributed by atoms with van der Waals surface area (Å²) < 4.78 is 0. The van der Waals surface area contributed by atoms with Gasteiger partial charge in [-0.1, -0.05) is 36.4 Å². The third-order valence-corrected chi connectivity index (χ3v) is 4.29. The summed E-state index contributed by atoms with van der Waals surface area (Å²) in [5, 5.41) is 2.64. The van der Waals surface area contributed by atoms with Crippen LogP contribution in [-0.4, -0.2) is 4.98 Å². The molecule has 0 fully saturated rings. The molecule has 0 saturated heterocycles. The van der Waals surface area contributed by atoms with Crippen molar-refractivity contribution < 1.29 is 0 Å². The van der Waals surface area contributed by atoms with E-state index in [2.05, 4.69) is 47.4 Å². The maximum Gasteiger partial charge on any atom is 0.180 e. The van der Waals surface area contributed by atoms with Crippen LogP contribution in [0.2, 0.25) is 0 Å². The normalized spacial score (nSPS) is 12.2. The average Bonchev–Trinajstić information content (AvgIpc) is 3.01. The lowest BCUT2D eigenvalue weighted by atomic mass is 10.0. The van der Waals surface area contributed by atoms with Crippen LogP contribution >= 0.6 is 11.3 Å². The second-order valence-electron chi connectivity index (χ2n) is 4.78. The number of thiazole rings is 1. The Morgan fingerprint density at radius 1 is 1.00 bits per heavy atom. The van der Waals surface area contributed by atoms with Crippen molar-refractivity contribution in [2.24, 2.45) is 0 Å². The van der Waals surface area contributed by atoms with Gasteiger partial charge in [0.05, 0.1) is 5.69 Å². The Morgan fingerprint density at radius 2 is 1.84 bits per heavy atom. The van der Waals surface area contributed by atoms with Crippen molar-refractivity contribution in [3.05, 3.63) is 59.0 Å². The molecule has 0 spiro atoms. The number of rotatable bonds is 1. The molecule has 0 amide bonds. The molecule has 0 atom stereocenters. The molecule has 92 valence electrons. The van der Waals surface area contributed by atoms with E-state index in [1.54, 1.807) is 0 Å². The highest BCUT2D eigenvalue weighted by molar-refractivity contribution is 7.13. The molecule has 3 heteroatoms. The quantitative estimate of drug-likeness (QED) is 0.565. The minimum atomic E-state index is 0.624. The molecule has 2 nitrogen and oxygen atoms in total. The number of nitrogens with two attached hydrogens (primary N) is 1. The number of nitrogen functional groups attached to an aromatic ring is 1. The van der Waals surface area contributed by atoms with Crippen molar-refractivity contribution in [3.63, 3.8) is 0 Å². The third kappa shape index (κ3) is 1.66. The summed E-state index contributed by atoms with van der Waals surface area (Å²) in [7, 11) is 0. The van der Waals surface area contributed by atoms with Gasteiger partial charge in [-0.25, -0.2) is 4.98 Å². The lowest BCUT2D eigenvalue weighted by Gasteiger charge is -2.03. The smallest absolute Gasteiger partial charge is 0.180 e. The first-order valence-corrected chi connectivity index (χ1v) is 7.12. The standard InChI is InChI=1S/C16H12N2S/c17-16-18-15(9-19-16)11-5-6-14-12(8-11)7-10-3-1-2-4-13(10)14/h1-6,8-9H,7H2,(H2,17,18). The monoisotopic (exact) mass is 264 g/mol. The van der Waals surface area contributed by atoms with Gasteiger partial charge in [-0.2, -0.15) is 0 Å². The molecule has 1 aliphatic rings. The zero-order chi connectivity index (χ0) is 12.8. The van der Waals surface area contributed by atoms with Crippen molar-refractivity contribution in [2.45, 2.75) is 6.42 Å². The number of hydrogen-bond donors (Lipinski definition) is 1. The van der Waals surface area contributed by atoms with E-state index in [-0.39, 0.29) is 0 Å². The summed E-state index contributed by atoms with van der Waals surface area (Å²) in [6.45, 7) is 0. The van der Waals surface area contributed by atoms with E-state index in [9.17, 15) is 0 Å². The maximum absolute atomic E-state index is 5.71. The molecule has 1 aromatic heterocycles. The Hall–Kier alpha value is -2.13. The van der Waals surface area contributed by atoms with Gasteiger partial charge in [0.1, 0.15) is 0 Å². The molecular formula is C16H12N2S. The number of nitrogens with zero attached hydrogens (tertiary/aromatic N) is 1. The van der Waals surface area contributed by atoms with E-state index in [0.717, 1.165) is 17.7 Å². The van der Waals surface area contributed by atoms with Gasteiger partial charge in [0.2, 0.25) is 0 Å². The average molecular weight is 264 g/mol. The minimum absolute atomic E-state index is 0.624. The lowest BCUT2D eigenvalue weighted by Crippen LogP contribution is -1.85. The lowest BCUT2D eigenvalue weighted by molar-refractivity contribution is 1.26. The molecule has 0 aliphatic heterocycles. The van der Waals surface area contributed by atoms with Crippen LogP contribution in [0, 0.1) is 0 Å². The van der Waals surface area contributed by atoms with E-state index in [1.165, 1.54) is 33.6 Å². The Balaban J connectivity index is 1.83. The molecule has 0 unspecified atom stereocenters. The van der Waals surface area contributed by atoms with Gasteiger partial charge in [0, 0.05) is 10.9 Å². The van der Waals surface area contributed by atoms with E-state index < -0.39 is 0 Å². The maximum atomic E-state index is 5.71. The molecule has 1 aliphatic carbocycles. The first-order valence-electron chi connectivity index (χ1n) is 6.24. The Labute approximate surface area is 115 Å². The molecule has 0 saturated carbocycles. The van der Waals surface area contributed by atoms with Crippen molar-refractivity contribution >= 4 is 16.5 Å². The van der Waals surface area contributed by atoms with Crippen LogP contribution in [0.1, 0.15) is 11.1 Å². The van der Waals surface area contributed by atoms with Crippen LogP contribution in [0.3, 0.4) is 0 Å². The van der Waals surface area contributed by atoms with Crippen LogP contribution in [0.25, 0.3) is 22.4 Å². The van der Waals surface area contributed by atoms with Crippen LogP contribution in [-0.2, 0) is 6.42 Å². The van der Waals surface area contributed by atoms with Gasteiger partial charge >= 0.3 is 0 Å². The second kappa shape index (κ2) is 3.93. The Morgan fingerprint density at radius 3 is 2.68 bits per heavy atom. The SMILES string of the molecule is Nc1nc(-c2ccc3c(c2)Cc2ccccc2-3)cs1. The van der Waals surface area contributed by atoms with E-state index in [0.29, 0.717) is 5.13 Å². The van der Waals surface area contributed by atoms with Gasteiger partial charge in [-0.15, -0.1) is 11.3 Å². The van der Waals surface area contributed by atoms with Crippen molar-refractivity contribution in [3.8, 4) is 22.4 Å². The number of aromatic nitrogens is 1. The van der Waals surface area contributed by atoms with Crippen LogP contribution in [0.5, 0.6) is 0 Å². The highest BCUT2D eigenvalue weighted by Crippen LogP contribution is 2.38. The zero-order valence-corrected chi connectivity index (χ0v) is 11.1. The van der Waals surface area contributed by atoms with Crippen LogP contribution in [0.15, 0.2) is 47.8 Å². The van der Waals surface area contributed by atoms with Crippen LogP contribution < -0.4 is 5.73 Å². The van der Waals surface area contributed by atoms with E-state index >= 15 is 0 Å². The molecular weight excluding hydrogens is 252 g/mol. The van der Waals surface area contributed by atoms with E-state index in [4.69, 9.17) is 5.73 Å². The molecule has 0 radical (unpaired) electrons. The topological polar surface area (TPSA) is 38.9 Å². The highest BCUT2D eigenvalue weighted by atomic mass is 32.1. The molecule has 2 aromatic carbocycles. The number of hydrogen-bond acceptors (Lipinski definition) is 3. The second-order valence-corrected chi connectivity index (χ2v) is 5.67. The molecule has 0 bridgehead atoms. The summed E-state index contributed by atoms with van der Waals surface area (Å²) in [6, 6.07) is 15.2. The Bertz CT molecular complexity index is 774. The fraction of sp³-hybridized carbons (Fsp3) is 0.0625. The molecule has 4 rings (SSSR count). The summed E-state index contributed by atoms with van der Waals surface area (Å²) in [4.78, 5) is 4.35. The van der Waals surface area contributed by atoms with Crippen LogP contribution in [0.4, 0.5) is 5.13 Å². The largest absolute Gasteiger partial charge is 0.375 e. The van der Waals surface area contributed by atoms with Gasteiger partial charge in [0.15, 0.2) is 5.13 Å². The van der Waals surface area contributed by atoms with Crippen molar-refractivity contribution in [1.82, 2.24) is 4.98 Å². The predicted molar refractivity (Wildman–Crippen MR) is 80.2 cm³/mol. The van der Waals surface area contributed by atoms with Gasteiger partial charge < -0.3 is 5.73 Å². The van der Waals surface area contributed by atoms with E-state index in [1.807, 2.05) is 5.38 Å². The third-order valence-electron chi connectivity index (χ3n) is 3.61. The molecule has 19 heavy (non-hydrogen) atoms.